The lowest BCUT2D eigenvalue weighted by Gasteiger charge is -2.14. The van der Waals surface area contributed by atoms with Gasteiger partial charge in [0, 0.05) is 25.2 Å². The van der Waals surface area contributed by atoms with Crippen molar-refractivity contribution >= 4 is 42.5 Å². The van der Waals surface area contributed by atoms with E-state index in [2.05, 4.69) is 15.4 Å². The second kappa shape index (κ2) is 6.04. The number of hydrogen-bond acceptors (Lipinski definition) is 4. The Morgan fingerprint density at radius 3 is 2.16 bits per heavy atom. The minimum atomic E-state index is -0.656. The zero-order chi connectivity index (χ0) is 14.6. The third kappa shape index (κ3) is 3.84. The highest BCUT2D eigenvalue weighted by molar-refractivity contribution is 6.40. The second-order valence-electron chi connectivity index (χ2n) is 3.84. The van der Waals surface area contributed by atoms with E-state index in [4.69, 9.17) is 7.85 Å². The molecule has 0 fully saturated rings. The van der Waals surface area contributed by atoms with E-state index in [0.717, 1.165) is 0 Å². The van der Waals surface area contributed by atoms with Crippen LogP contribution in [0.1, 0.15) is 24.2 Å². The predicted octanol–water partition coefficient (Wildman–Crippen LogP) is 0.184. The SMILES string of the molecule is [B]c1c(NC(C)=O)cc(NC(C)=O)cc1C(=O)OC. The molecule has 2 amide bonds. The normalized spacial score (nSPS) is 9.63. The Morgan fingerprint density at radius 2 is 1.68 bits per heavy atom. The lowest BCUT2D eigenvalue weighted by molar-refractivity contribution is -0.115. The summed E-state index contributed by atoms with van der Waals surface area (Å²) in [6.45, 7) is 2.63. The first-order valence-corrected chi connectivity index (χ1v) is 5.42. The summed E-state index contributed by atoms with van der Waals surface area (Å²) in [6, 6.07) is 2.85. The fraction of sp³-hybridized carbons (Fsp3) is 0.250. The van der Waals surface area contributed by atoms with E-state index < -0.39 is 5.97 Å². The molecule has 0 saturated heterocycles. The van der Waals surface area contributed by atoms with Crippen molar-refractivity contribution in [1.82, 2.24) is 0 Å². The maximum atomic E-state index is 11.6. The molecule has 2 N–H and O–H groups in total. The number of anilines is 2. The van der Waals surface area contributed by atoms with Gasteiger partial charge in [0.2, 0.25) is 11.8 Å². The molecular formula is C12H13BN2O4. The molecule has 6 nitrogen and oxygen atoms in total. The van der Waals surface area contributed by atoms with Crippen molar-refractivity contribution < 1.29 is 19.1 Å². The zero-order valence-corrected chi connectivity index (χ0v) is 10.9. The maximum Gasteiger partial charge on any atom is 0.337 e. The topological polar surface area (TPSA) is 84.5 Å². The number of benzene rings is 1. The van der Waals surface area contributed by atoms with Crippen LogP contribution in [0.4, 0.5) is 11.4 Å². The molecule has 0 bridgehead atoms. The van der Waals surface area contributed by atoms with Crippen LogP contribution in [0.15, 0.2) is 12.1 Å². The van der Waals surface area contributed by atoms with E-state index in [1.165, 1.54) is 33.1 Å². The number of carbonyl (C=O) groups excluding carboxylic acids is 3. The van der Waals surface area contributed by atoms with E-state index in [0.29, 0.717) is 5.69 Å². The van der Waals surface area contributed by atoms with Crippen LogP contribution in [-0.2, 0) is 14.3 Å². The fourth-order valence-electron chi connectivity index (χ4n) is 1.50. The Balaban J connectivity index is 3.32. The largest absolute Gasteiger partial charge is 0.465 e. The van der Waals surface area contributed by atoms with Gasteiger partial charge in [-0.05, 0) is 12.1 Å². The molecule has 1 rings (SSSR count). The Hall–Kier alpha value is -2.31. The summed E-state index contributed by atoms with van der Waals surface area (Å²) >= 11 is 0. The second-order valence-corrected chi connectivity index (χ2v) is 3.84. The molecule has 0 aliphatic rings. The third-order valence-corrected chi connectivity index (χ3v) is 2.22. The minimum absolute atomic E-state index is 0.0671. The van der Waals surface area contributed by atoms with Crippen molar-refractivity contribution in [2.45, 2.75) is 13.8 Å². The van der Waals surface area contributed by atoms with Crippen LogP contribution in [0.5, 0.6) is 0 Å². The molecule has 1 aromatic rings. The summed E-state index contributed by atoms with van der Waals surface area (Å²) in [7, 11) is 6.99. The number of methoxy groups -OCH3 is 1. The predicted molar refractivity (Wildman–Crippen MR) is 71.8 cm³/mol. The van der Waals surface area contributed by atoms with Crippen molar-refractivity contribution in [2.24, 2.45) is 0 Å². The number of hydrogen-bond donors (Lipinski definition) is 2. The maximum absolute atomic E-state index is 11.6. The Bertz CT molecular complexity index is 543. The summed E-state index contributed by atoms with van der Waals surface area (Å²) in [5.74, 6) is -1.31. The van der Waals surface area contributed by atoms with Gasteiger partial charge in [-0.2, -0.15) is 0 Å². The van der Waals surface area contributed by atoms with E-state index in [-0.39, 0.29) is 28.5 Å². The van der Waals surface area contributed by atoms with Crippen LogP contribution in [-0.4, -0.2) is 32.7 Å². The van der Waals surface area contributed by atoms with E-state index in [1.54, 1.807) is 0 Å². The van der Waals surface area contributed by atoms with E-state index in [1.807, 2.05) is 0 Å². The van der Waals surface area contributed by atoms with Crippen molar-refractivity contribution in [2.75, 3.05) is 17.7 Å². The van der Waals surface area contributed by atoms with Gasteiger partial charge in [-0.15, -0.1) is 0 Å². The van der Waals surface area contributed by atoms with Gasteiger partial charge in [-0.3, -0.25) is 9.59 Å². The molecule has 7 heteroatoms. The molecule has 0 aromatic heterocycles. The molecule has 0 aliphatic carbocycles. The van der Waals surface area contributed by atoms with E-state index >= 15 is 0 Å². The first-order valence-electron chi connectivity index (χ1n) is 5.42. The fourth-order valence-corrected chi connectivity index (χ4v) is 1.50. The van der Waals surface area contributed by atoms with Gasteiger partial charge in [0.25, 0.3) is 0 Å². The average Bonchev–Trinajstić information content (AvgIpc) is 2.30. The van der Waals surface area contributed by atoms with Gasteiger partial charge in [-0.25, -0.2) is 4.79 Å². The lowest BCUT2D eigenvalue weighted by Crippen LogP contribution is -2.24. The van der Waals surface area contributed by atoms with E-state index in [9.17, 15) is 14.4 Å². The quantitative estimate of drug-likeness (QED) is 0.600. The van der Waals surface area contributed by atoms with Crippen molar-refractivity contribution in [3.8, 4) is 0 Å². The van der Waals surface area contributed by atoms with Crippen LogP contribution in [0, 0.1) is 0 Å². The smallest absolute Gasteiger partial charge is 0.337 e. The van der Waals surface area contributed by atoms with Crippen molar-refractivity contribution in [3.63, 3.8) is 0 Å². The monoisotopic (exact) mass is 260 g/mol. The first-order chi connectivity index (χ1) is 8.85. The molecular weight excluding hydrogens is 247 g/mol. The number of nitrogens with one attached hydrogen (secondary N) is 2. The van der Waals surface area contributed by atoms with Crippen LogP contribution >= 0.6 is 0 Å². The lowest BCUT2D eigenvalue weighted by atomic mass is 9.88. The first kappa shape index (κ1) is 14.8. The number of esters is 1. The van der Waals surface area contributed by atoms with Crippen LogP contribution in [0.25, 0.3) is 0 Å². The number of ether oxygens (including phenoxy) is 1. The Labute approximate surface area is 111 Å². The van der Waals surface area contributed by atoms with Gasteiger partial charge < -0.3 is 15.4 Å². The summed E-state index contributed by atoms with van der Waals surface area (Å²) in [5.41, 5.74) is 0.721. The van der Waals surface area contributed by atoms with Gasteiger partial charge in [-0.1, -0.05) is 5.46 Å². The minimum Gasteiger partial charge on any atom is -0.465 e. The molecule has 0 spiro atoms. The molecule has 0 heterocycles. The number of rotatable bonds is 3. The number of amides is 2. The van der Waals surface area contributed by atoms with Crippen LogP contribution < -0.4 is 16.1 Å². The van der Waals surface area contributed by atoms with Crippen LogP contribution in [0.2, 0.25) is 0 Å². The molecule has 0 atom stereocenters. The molecule has 0 unspecified atom stereocenters. The van der Waals surface area contributed by atoms with Crippen molar-refractivity contribution in [3.05, 3.63) is 17.7 Å². The Kier molecular flexibility index (Phi) is 4.69. The van der Waals surface area contributed by atoms with Gasteiger partial charge >= 0.3 is 5.97 Å². The summed E-state index contributed by atoms with van der Waals surface area (Å²) in [5, 5.41) is 4.99. The molecule has 0 aliphatic heterocycles. The third-order valence-electron chi connectivity index (χ3n) is 2.22. The van der Waals surface area contributed by atoms with Crippen LogP contribution in [0.3, 0.4) is 0 Å². The highest BCUT2D eigenvalue weighted by Gasteiger charge is 2.15. The highest BCUT2D eigenvalue weighted by Crippen LogP contribution is 2.17. The van der Waals surface area contributed by atoms with Gasteiger partial charge in [0.1, 0.15) is 7.85 Å². The zero-order valence-electron chi connectivity index (χ0n) is 10.9. The molecule has 98 valence electrons. The molecule has 1 aromatic carbocycles. The summed E-state index contributed by atoms with van der Waals surface area (Å²) < 4.78 is 4.59. The van der Waals surface area contributed by atoms with Crippen molar-refractivity contribution in [1.29, 1.82) is 0 Å². The molecule has 19 heavy (non-hydrogen) atoms. The standard InChI is InChI=1S/C12H13BN2O4/c1-6(16)14-8-4-9(12(18)19-3)11(13)10(5-8)15-7(2)17/h4-5H,1-3H3,(H,14,16)(H,15,17). The number of carbonyl (C=O) groups is 3. The summed E-state index contributed by atoms with van der Waals surface area (Å²) in [4.78, 5) is 33.7. The molecule has 2 radical (unpaired) electrons. The van der Waals surface area contributed by atoms with Gasteiger partial charge in [0.15, 0.2) is 0 Å². The highest BCUT2D eigenvalue weighted by atomic mass is 16.5. The average molecular weight is 260 g/mol. The summed E-state index contributed by atoms with van der Waals surface area (Å²) in [6.07, 6.45) is 0. The van der Waals surface area contributed by atoms with Gasteiger partial charge in [0.05, 0.1) is 12.7 Å². The Morgan fingerprint density at radius 1 is 1.11 bits per heavy atom. The molecule has 0 saturated carbocycles.